The lowest BCUT2D eigenvalue weighted by Gasteiger charge is -2.14. The van der Waals surface area contributed by atoms with Gasteiger partial charge in [-0.2, -0.15) is 0 Å². The van der Waals surface area contributed by atoms with Crippen molar-refractivity contribution in [2.24, 2.45) is 0 Å². The Morgan fingerprint density at radius 1 is 1.50 bits per heavy atom. The smallest absolute Gasteiger partial charge is 0.307 e. The molecule has 1 N–H and O–H groups in total. The van der Waals surface area contributed by atoms with Gasteiger partial charge in [-0.1, -0.05) is 0 Å². The Kier molecular flexibility index (Phi) is 3.79. The van der Waals surface area contributed by atoms with Crippen molar-refractivity contribution in [3.8, 4) is 5.75 Å². The SMILES string of the molecule is C[C@H](CC(=O)O)Oc1ccc([N+](=O)[O-])c2cccnc12. The van der Waals surface area contributed by atoms with Crippen molar-refractivity contribution in [3.05, 3.63) is 40.6 Å². The fraction of sp³-hybridized carbons (Fsp3) is 0.231. The maximum atomic E-state index is 11.0. The summed E-state index contributed by atoms with van der Waals surface area (Å²) in [7, 11) is 0. The van der Waals surface area contributed by atoms with Crippen molar-refractivity contribution in [2.45, 2.75) is 19.4 Å². The summed E-state index contributed by atoms with van der Waals surface area (Å²) in [5, 5.41) is 20.0. The molecule has 0 aliphatic heterocycles. The molecule has 0 bridgehead atoms. The van der Waals surface area contributed by atoms with Crippen LogP contribution in [0, 0.1) is 10.1 Å². The lowest BCUT2D eigenvalue weighted by atomic mass is 10.1. The van der Waals surface area contributed by atoms with Gasteiger partial charge < -0.3 is 9.84 Å². The van der Waals surface area contributed by atoms with E-state index in [9.17, 15) is 14.9 Å². The number of aromatic nitrogens is 1. The van der Waals surface area contributed by atoms with Crippen molar-refractivity contribution in [1.82, 2.24) is 4.98 Å². The Balaban J connectivity index is 2.43. The number of rotatable bonds is 5. The van der Waals surface area contributed by atoms with Crippen LogP contribution in [0.25, 0.3) is 10.9 Å². The van der Waals surface area contributed by atoms with Gasteiger partial charge in [-0.15, -0.1) is 0 Å². The van der Waals surface area contributed by atoms with E-state index in [1.54, 1.807) is 19.1 Å². The van der Waals surface area contributed by atoms with Gasteiger partial charge >= 0.3 is 5.97 Å². The molecule has 2 rings (SSSR count). The second kappa shape index (κ2) is 5.52. The first kappa shape index (κ1) is 13.7. The molecule has 2 aromatic rings. The quantitative estimate of drug-likeness (QED) is 0.664. The zero-order valence-corrected chi connectivity index (χ0v) is 10.6. The summed E-state index contributed by atoms with van der Waals surface area (Å²) in [6.45, 7) is 1.62. The highest BCUT2D eigenvalue weighted by Gasteiger charge is 2.17. The molecule has 1 heterocycles. The largest absolute Gasteiger partial charge is 0.488 e. The first-order valence-corrected chi connectivity index (χ1v) is 5.89. The number of ether oxygens (including phenoxy) is 1. The summed E-state index contributed by atoms with van der Waals surface area (Å²) in [5.41, 5.74) is 0.283. The molecule has 0 saturated carbocycles. The van der Waals surface area contributed by atoms with E-state index in [4.69, 9.17) is 9.84 Å². The number of aliphatic carboxylic acids is 1. The summed E-state index contributed by atoms with van der Waals surface area (Å²) >= 11 is 0. The van der Waals surface area contributed by atoms with E-state index in [0.717, 1.165) is 0 Å². The molecule has 7 heteroatoms. The third kappa shape index (κ3) is 2.82. The summed E-state index contributed by atoms with van der Waals surface area (Å²) in [6, 6.07) is 5.94. The standard InChI is InChI=1S/C13H12N2O5/c1-8(7-12(16)17)20-11-5-4-10(15(18)19)9-3-2-6-14-13(9)11/h2-6,8H,7H2,1H3,(H,16,17)/t8-/m1/s1. The van der Waals surface area contributed by atoms with Crippen LogP contribution in [0.15, 0.2) is 30.5 Å². The Hall–Kier alpha value is -2.70. The molecule has 0 unspecified atom stereocenters. The molecule has 20 heavy (non-hydrogen) atoms. The van der Waals surface area contributed by atoms with Crippen molar-refractivity contribution in [1.29, 1.82) is 0 Å². The number of benzene rings is 1. The van der Waals surface area contributed by atoms with Crippen LogP contribution in [-0.4, -0.2) is 27.1 Å². The topological polar surface area (TPSA) is 103 Å². The maximum absolute atomic E-state index is 11.0. The van der Waals surface area contributed by atoms with Crippen LogP contribution < -0.4 is 4.74 Å². The van der Waals surface area contributed by atoms with Crippen LogP contribution in [0.1, 0.15) is 13.3 Å². The van der Waals surface area contributed by atoms with E-state index in [-0.39, 0.29) is 12.1 Å². The highest BCUT2D eigenvalue weighted by molar-refractivity contribution is 5.92. The first-order valence-electron chi connectivity index (χ1n) is 5.89. The summed E-state index contributed by atoms with van der Waals surface area (Å²) in [6.07, 6.45) is 0.783. The number of carbonyl (C=O) groups is 1. The van der Waals surface area contributed by atoms with Crippen molar-refractivity contribution >= 4 is 22.6 Å². The number of fused-ring (bicyclic) bond motifs is 1. The highest BCUT2D eigenvalue weighted by Crippen LogP contribution is 2.31. The van der Waals surface area contributed by atoms with E-state index in [1.807, 2.05) is 0 Å². The van der Waals surface area contributed by atoms with Gasteiger partial charge in [0.1, 0.15) is 17.4 Å². The Bertz CT molecular complexity index is 671. The molecule has 7 nitrogen and oxygen atoms in total. The van der Waals surface area contributed by atoms with Gasteiger partial charge in [-0.3, -0.25) is 19.9 Å². The van der Waals surface area contributed by atoms with Crippen LogP contribution in [0.5, 0.6) is 5.75 Å². The summed E-state index contributed by atoms with van der Waals surface area (Å²) < 4.78 is 5.51. The second-order valence-corrected chi connectivity index (χ2v) is 4.27. The van der Waals surface area contributed by atoms with Gasteiger partial charge in [0, 0.05) is 12.3 Å². The van der Waals surface area contributed by atoms with Crippen LogP contribution >= 0.6 is 0 Å². The zero-order chi connectivity index (χ0) is 14.7. The molecule has 0 aliphatic rings. The molecule has 1 aromatic carbocycles. The van der Waals surface area contributed by atoms with Crippen LogP contribution in [-0.2, 0) is 4.79 Å². The van der Waals surface area contributed by atoms with Crippen LogP contribution in [0.2, 0.25) is 0 Å². The third-order valence-electron chi connectivity index (χ3n) is 2.70. The number of nitrogens with zero attached hydrogens (tertiary/aromatic N) is 2. The lowest BCUT2D eigenvalue weighted by molar-refractivity contribution is -0.383. The summed E-state index contributed by atoms with van der Waals surface area (Å²) in [4.78, 5) is 25.2. The van der Waals surface area contributed by atoms with E-state index in [0.29, 0.717) is 16.7 Å². The molecule has 104 valence electrons. The molecule has 1 aromatic heterocycles. The molecule has 1 atom stereocenters. The average molecular weight is 276 g/mol. The number of non-ortho nitro benzene ring substituents is 1. The fourth-order valence-corrected chi connectivity index (χ4v) is 1.89. The summed E-state index contributed by atoms with van der Waals surface area (Å²) in [5.74, 6) is -0.642. The number of carboxylic acids is 1. The monoisotopic (exact) mass is 276 g/mol. The van der Waals surface area contributed by atoms with E-state index < -0.39 is 17.0 Å². The van der Waals surface area contributed by atoms with Crippen molar-refractivity contribution < 1.29 is 19.6 Å². The number of nitro benzene ring substituents is 1. The van der Waals surface area contributed by atoms with E-state index >= 15 is 0 Å². The number of hydrogen-bond acceptors (Lipinski definition) is 5. The lowest BCUT2D eigenvalue weighted by Crippen LogP contribution is -2.16. The first-order chi connectivity index (χ1) is 9.49. The Morgan fingerprint density at radius 2 is 2.25 bits per heavy atom. The van der Waals surface area contributed by atoms with Gasteiger partial charge in [0.05, 0.1) is 16.7 Å². The van der Waals surface area contributed by atoms with Crippen molar-refractivity contribution in [2.75, 3.05) is 0 Å². The molecular weight excluding hydrogens is 264 g/mol. The number of pyridine rings is 1. The van der Waals surface area contributed by atoms with Crippen molar-refractivity contribution in [3.63, 3.8) is 0 Å². The second-order valence-electron chi connectivity index (χ2n) is 4.27. The minimum atomic E-state index is -0.975. The van der Waals surface area contributed by atoms with Gasteiger partial charge in [0.2, 0.25) is 0 Å². The van der Waals surface area contributed by atoms with Gasteiger partial charge in [0.15, 0.2) is 0 Å². The maximum Gasteiger partial charge on any atom is 0.307 e. The minimum absolute atomic E-state index is 0.0636. The molecule has 0 amide bonds. The van der Waals surface area contributed by atoms with Crippen LogP contribution in [0.4, 0.5) is 5.69 Å². The predicted octanol–water partition coefficient (Wildman–Crippen LogP) is 2.39. The Labute approximate surface area is 114 Å². The molecule has 0 radical (unpaired) electrons. The number of carboxylic acid groups (broad SMARTS) is 1. The van der Waals surface area contributed by atoms with Gasteiger partial charge in [-0.05, 0) is 25.1 Å². The van der Waals surface area contributed by atoms with Gasteiger partial charge in [0.25, 0.3) is 5.69 Å². The third-order valence-corrected chi connectivity index (χ3v) is 2.70. The number of hydrogen-bond donors (Lipinski definition) is 1. The molecule has 0 aliphatic carbocycles. The molecule has 0 saturated heterocycles. The predicted molar refractivity (Wildman–Crippen MR) is 70.7 cm³/mol. The minimum Gasteiger partial charge on any atom is -0.488 e. The average Bonchev–Trinajstić information content (AvgIpc) is 2.37. The van der Waals surface area contributed by atoms with Gasteiger partial charge in [-0.25, -0.2) is 0 Å². The fourth-order valence-electron chi connectivity index (χ4n) is 1.89. The van der Waals surface area contributed by atoms with E-state index in [1.165, 1.54) is 18.3 Å². The normalized spacial score (nSPS) is 12.1. The zero-order valence-electron chi connectivity index (χ0n) is 10.6. The van der Waals surface area contributed by atoms with Crippen LogP contribution in [0.3, 0.4) is 0 Å². The molecule has 0 fully saturated rings. The Morgan fingerprint density at radius 3 is 2.90 bits per heavy atom. The molecule has 0 spiro atoms. The van der Waals surface area contributed by atoms with E-state index in [2.05, 4.69) is 4.98 Å². The molecular formula is C13H12N2O5. The number of nitro groups is 1. The highest BCUT2D eigenvalue weighted by atomic mass is 16.6.